The Morgan fingerprint density at radius 1 is 1.33 bits per heavy atom. The fourth-order valence-electron chi connectivity index (χ4n) is 4.41. The van der Waals surface area contributed by atoms with Crippen LogP contribution >= 0.6 is 0 Å². The first kappa shape index (κ1) is 15.0. The molecule has 0 saturated heterocycles. The van der Waals surface area contributed by atoms with Crippen molar-refractivity contribution in [3.8, 4) is 0 Å². The maximum atomic E-state index is 6.09. The van der Waals surface area contributed by atoms with Crippen LogP contribution in [0.2, 0.25) is 0 Å². The van der Waals surface area contributed by atoms with E-state index in [9.17, 15) is 0 Å². The van der Waals surface area contributed by atoms with Crippen molar-refractivity contribution in [2.75, 3.05) is 6.61 Å². The molecule has 0 amide bonds. The lowest BCUT2D eigenvalue weighted by molar-refractivity contribution is 0.0129. The number of ether oxygens (including phenoxy) is 1. The Balaban J connectivity index is 1.79. The normalized spacial score (nSPS) is 25.5. The number of nitrogens with two attached hydrogens (primary N) is 1. The van der Waals surface area contributed by atoms with Crippen molar-refractivity contribution < 1.29 is 4.74 Å². The van der Waals surface area contributed by atoms with Crippen LogP contribution in [0.1, 0.15) is 62.7 Å². The molecule has 1 aromatic carbocycles. The highest BCUT2D eigenvalue weighted by Gasteiger charge is 2.41. The molecule has 3 nitrogen and oxygen atoms in total. The monoisotopic (exact) mass is 288 g/mol. The minimum absolute atomic E-state index is 0.194. The van der Waals surface area contributed by atoms with Gasteiger partial charge in [0.25, 0.3) is 0 Å². The maximum absolute atomic E-state index is 6.09. The number of hydrazine groups is 1. The molecule has 0 radical (unpaired) electrons. The Kier molecular flexibility index (Phi) is 4.63. The van der Waals surface area contributed by atoms with Crippen LogP contribution in [-0.4, -0.2) is 12.6 Å². The maximum Gasteiger partial charge on any atom is 0.0843 e. The minimum Gasteiger partial charge on any atom is -0.373 e. The fourth-order valence-corrected chi connectivity index (χ4v) is 4.41. The molecule has 0 spiro atoms. The Hall–Kier alpha value is -0.900. The summed E-state index contributed by atoms with van der Waals surface area (Å²) in [5.74, 6) is 5.94. The Labute approximate surface area is 128 Å². The molecule has 21 heavy (non-hydrogen) atoms. The van der Waals surface area contributed by atoms with Crippen molar-refractivity contribution in [1.82, 2.24) is 5.43 Å². The van der Waals surface area contributed by atoms with Gasteiger partial charge in [-0.1, -0.05) is 44.0 Å². The van der Waals surface area contributed by atoms with E-state index in [4.69, 9.17) is 10.6 Å². The molecule has 1 heterocycles. The van der Waals surface area contributed by atoms with Gasteiger partial charge in [0, 0.05) is 6.04 Å². The number of hydrogen-bond acceptors (Lipinski definition) is 3. The third kappa shape index (κ3) is 2.87. The average molecular weight is 288 g/mol. The van der Waals surface area contributed by atoms with Gasteiger partial charge in [0.1, 0.15) is 0 Å². The van der Waals surface area contributed by atoms with Crippen LogP contribution in [-0.2, 0) is 11.2 Å². The zero-order valence-electron chi connectivity index (χ0n) is 13.1. The van der Waals surface area contributed by atoms with E-state index >= 15 is 0 Å². The third-order valence-corrected chi connectivity index (χ3v) is 5.79. The summed E-state index contributed by atoms with van der Waals surface area (Å²) in [6.45, 7) is 3.14. The van der Waals surface area contributed by atoms with Gasteiger partial charge in [-0.05, 0) is 48.6 Å². The highest BCUT2D eigenvalue weighted by atomic mass is 16.5. The van der Waals surface area contributed by atoms with E-state index in [1.165, 1.54) is 43.2 Å². The highest BCUT2D eigenvalue weighted by molar-refractivity contribution is 5.31. The van der Waals surface area contributed by atoms with Gasteiger partial charge in [-0.15, -0.1) is 0 Å². The van der Waals surface area contributed by atoms with Crippen molar-refractivity contribution in [2.45, 2.75) is 64.0 Å². The van der Waals surface area contributed by atoms with Crippen LogP contribution < -0.4 is 11.3 Å². The molecule has 1 saturated carbocycles. The lowest BCUT2D eigenvalue weighted by Crippen LogP contribution is -2.48. The van der Waals surface area contributed by atoms with Crippen LogP contribution in [0.25, 0.3) is 0 Å². The van der Waals surface area contributed by atoms with Gasteiger partial charge in [0.2, 0.25) is 0 Å². The molecule has 0 aromatic heterocycles. The van der Waals surface area contributed by atoms with E-state index in [-0.39, 0.29) is 6.10 Å². The van der Waals surface area contributed by atoms with E-state index in [1.54, 1.807) is 0 Å². The largest absolute Gasteiger partial charge is 0.373 e. The van der Waals surface area contributed by atoms with E-state index < -0.39 is 0 Å². The molecule has 3 N–H and O–H groups in total. The van der Waals surface area contributed by atoms with Gasteiger partial charge in [0.05, 0.1) is 12.7 Å². The molecule has 1 aromatic rings. The van der Waals surface area contributed by atoms with E-state index in [0.29, 0.717) is 11.5 Å². The van der Waals surface area contributed by atoms with Gasteiger partial charge < -0.3 is 4.74 Å². The van der Waals surface area contributed by atoms with Crippen molar-refractivity contribution in [2.24, 2.45) is 11.3 Å². The number of hydrogen-bond donors (Lipinski definition) is 2. The number of benzene rings is 1. The lowest BCUT2D eigenvalue weighted by atomic mass is 9.73. The second-order valence-corrected chi connectivity index (χ2v) is 6.69. The molecule has 116 valence electrons. The molecule has 3 rings (SSSR count). The standard InChI is InChI=1S/C18H28N2O/c1-2-18(10-5-6-11-18)17(20-19)13-16-15-8-4-3-7-14(15)9-12-21-16/h3-4,7-8,16-17,20H,2,5-6,9-13,19H2,1H3. The quantitative estimate of drug-likeness (QED) is 0.644. The summed E-state index contributed by atoms with van der Waals surface area (Å²) in [4.78, 5) is 0. The summed E-state index contributed by atoms with van der Waals surface area (Å²) < 4.78 is 6.09. The van der Waals surface area contributed by atoms with E-state index in [2.05, 4.69) is 36.6 Å². The second-order valence-electron chi connectivity index (χ2n) is 6.69. The van der Waals surface area contributed by atoms with Crippen LogP contribution in [0, 0.1) is 5.41 Å². The van der Waals surface area contributed by atoms with Crippen LogP contribution in [0.4, 0.5) is 0 Å². The number of nitrogens with one attached hydrogen (secondary N) is 1. The molecule has 1 fully saturated rings. The van der Waals surface area contributed by atoms with Gasteiger partial charge in [0.15, 0.2) is 0 Å². The van der Waals surface area contributed by atoms with Gasteiger partial charge >= 0.3 is 0 Å². The first-order valence-corrected chi connectivity index (χ1v) is 8.44. The Morgan fingerprint density at radius 2 is 2.10 bits per heavy atom. The summed E-state index contributed by atoms with van der Waals surface area (Å²) in [6.07, 6.45) is 8.70. The zero-order chi connectivity index (χ0) is 14.7. The van der Waals surface area contributed by atoms with Gasteiger partial charge in [-0.2, -0.15) is 0 Å². The smallest absolute Gasteiger partial charge is 0.0843 e. The average Bonchev–Trinajstić information content (AvgIpc) is 3.02. The topological polar surface area (TPSA) is 47.3 Å². The van der Waals surface area contributed by atoms with Crippen LogP contribution in [0.5, 0.6) is 0 Å². The van der Waals surface area contributed by atoms with Gasteiger partial charge in [-0.3, -0.25) is 11.3 Å². The summed E-state index contributed by atoms with van der Waals surface area (Å²) in [5, 5.41) is 0. The predicted octanol–water partition coefficient (Wildman–Crippen LogP) is 3.49. The zero-order valence-corrected chi connectivity index (χ0v) is 13.1. The molecule has 1 aliphatic carbocycles. The third-order valence-electron chi connectivity index (χ3n) is 5.79. The molecular formula is C18H28N2O. The fraction of sp³-hybridized carbons (Fsp3) is 0.667. The summed E-state index contributed by atoms with van der Waals surface area (Å²) in [7, 11) is 0. The van der Waals surface area contributed by atoms with Crippen molar-refractivity contribution in [3.63, 3.8) is 0 Å². The molecule has 2 unspecified atom stereocenters. The van der Waals surface area contributed by atoms with Crippen molar-refractivity contribution in [1.29, 1.82) is 0 Å². The number of rotatable bonds is 5. The Bertz CT molecular complexity index is 468. The molecule has 0 bridgehead atoms. The molecule has 1 aliphatic heterocycles. The molecule has 3 heteroatoms. The predicted molar refractivity (Wildman–Crippen MR) is 85.8 cm³/mol. The lowest BCUT2D eigenvalue weighted by Gasteiger charge is -2.39. The second kappa shape index (κ2) is 6.47. The molecule has 2 atom stereocenters. The number of fused-ring (bicyclic) bond motifs is 1. The SMILES string of the molecule is CCC1(C(CC2OCCc3ccccc32)NN)CCCC1. The Morgan fingerprint density at radius 3 is 2.81 bits per heavy atom. The highest BCUT2D eigenvalue weighted by Crippen LogP contribution is 2.46. The molecule has 2 aliphatic rings. The molecular weight excluding hydrogens is 260 g/mol. The summed E-state index contributed by atoms with van der Waals surface area (Å²) in [5.41, 5.74) is 6.31. The first-order chi connectivity index (χ1) is 10.3. The van der Waals surface area contributed by atoms with Crippen molar-refractivity contribution in [3.05, 3.63) is 35.4 Å². The van der Waals surface area contributed by atoms with E-state index in [1.807, 2.05) is 0 Å². The van der Waals surface area contributed by atoms with Crippen LogP contribution in [0.15, 0.2) is 24.3 Å². The first-order valence-electron chi connectivity index (χ1n) is 8.44. The summed E-state index contributed by atoms with van der Waals surface area (Å²) in [6, 6.07) is 9.06. The van der Waals surface area contributed by atoms with Crippen LogP contribution in [0.3, 0.4) is 0 Å². The van der Waals surface area contributed by atoms with Gasteiger partial charge in [-0.25, -0.2) is 0 Å². The van der Waals surface area contributed by atoms with E-state index in [0.717, 1.165) is 19.4 Å². The minimum atomic E-state index is 0.194. The summed E-state index contributed by atoms with van der Waals surface area (Å²) >= 11 is 0. The van der Waals surface area contributed by atoms with Crippen molar-refractivity contribution >= 4 is 0 Å².